The van der Waals surface area contributed by atoms with Crippen molar-refractivity contribution in [3.8, 4) is 0 Å². The molecule has 1 saturated heterocycles. The summed E-state index contributed by atoms with van der Waals surface area (Å²) in [5, 5.41) is 11.3. The van der Waals surface area contributed by atoms with Crippen LogP contribution in [-0.2, 0) is 21.9 Å². The van der Waals surface area contributed by atoms with Crippen LogP contribution >= 0.6 is 0 Å². The first-order valence-corrected chi connectivity index (χ1v) is 8.23. The lowest BCUT2D eigenvalue weighted by Gasteiger charge is -2.39. The number of aromatic amines is 1. The molecule has 0 radical (unpaired) electrons. The van der Waals surface area contributed by atoms with Gasteiger partial charge in [0.1, 0.15) is 5.60 Å². The molecule has 1 aromatic carbocycles. The SMILES string of the molecule is CC[C@H]1OC(O)(c2ccc[nH]2)[C@](C)(OCc2ccccc2)[C@@H]1C. The topological polar surface area (TPSA) is 54.5 Å². The van der Waals surface area contributed by atoms with Crippen molar-refractivity contribution in [3.05, 3.63) is 59.9 Å². The van der Waals surface area contributed by atoms with E-state index in [-0.39, 0.29) is 12.0 Å². The molecule has 2 heterocycles. The van der Waals surface area contributed by atoms with Gasteiger partial charge in [-0.05, 0) is 31.0 Å². The molecule has 0 aliphatic carbocycles. The van der Waals surface area contributed by atoms with Gasteiger partial charge in [0.15, 0.2) is 0 Å². The van der Waals surface area contributed by atoms with E-state index in [4.69, 9.17) is 9.47 Å². The van der Waals surface area contributed by atoms with Crippen LogP contribution in [0.5, 0.6) is 0 Å². The number of rotatable bonds is 5. The highest BCUT2D eigenvalue weighted by molar-refractivity contribution is 5.21. The second kappa shape index (κ2) is 6.11. The molecule has 0 spiro atoms. The van der Waals surface area contributed by atoms with E-state index in [9.17, 15) is 5.11 Å². The summed E-state index contributed by atoms with van der Waals surface area (Å²) in [4.78, 5) is 3.08. The predicted octanol–water partition coefficient (Wildman–Crippen LogP) is 3.58. The molecule has 23 heavy (non-hydrogen) atoms. The van der Waals surface area contributed by atoms with E-state index >= 15 is 0 Å². The van der Waals surface area contributed by atoms with Crippen LogP contribution in [0.3, 0.4) is 0 Å². The summed E-state index contributed by atoms with van der Waals surface area (Å²) in [6.07, 6.45) is 2.57. The fourth-order valence-electron chi connectivity index (χ4n) is 3.45. The molecule has 4 nitrogen and oxygen atoms in total. The van der Waals surface area contributed by atoms with E-state index in [0.29, 0.717) is 12.3 Å². The largest absolute Gasteiger partial charge is 0.364 e. The van der Waals surface area contributed by atoms with Crippen molar-refractivity contribution in [2.75, 3.05) is 0 Å². The van der Waals surface area contributed by atoms with Crippen molar-refractivity contribution >= 4 is 0 Å². The normalized spacial score (nSPS) is 33.9. The van der Waals surface area contributed by atoms with Crippen LogP contribution in [0.15, 0.2) is 48.7 Å². The zero-order chi connectivity index (χ0) is 16.5. The van der Waals surface area contributed by atoms with E-state index in [1.807, 2.05) is 49.4 Å². The Morgan fingerprint density at radius 3 is 2.57 bits per heavy atom. The number of benzene rings is 1. The second-order valence-corrected chi connectivity index (χ2v) is 6.46. The summed E-state index contributed by atoms with van der Waals surface area (Å²) < 4.78 is 12.3. The van der Waals surface area contributed by atoms with Gasteiger partial charge < -0.3 is 19.6 Å². The molecule has 4 heteroatoms. The van der Waals surface area contributed by atoms with Gasteiger partial charge in [-0.1, -0.05) is 44.2 Å². The molecule has 1 aliphatic heterocycles. The smallest absolute Gasteiger partial charge is 0.238 e. The average molecular weight is 315 g/mol. The zero-order valence-electron chi connectivity index (χ0n) is 14.0. The molecule has 1 fully saturated rings. The summed E-state index contributed by atoms with van der Waals surface area (Å²) >= 11 is 0. The van der Waals surface area contributed by atoms with Gasteiger partial charge in [0, 0.05) is 12.1 Å². The minimum atomic E-state index is -1.48. The Labute approximate surface area is 137 Å². The highest BCUT2D eigenvalue weighted by Gasteiger charge is 2.63. The van der Waals surface area contributed by atoms with Crippen LogP contribution in [0.1, 0.15) is 38.4 Å². The Bertz CT molecular complexity index is 627. The van der Waals surface area contributed by atoms with Crippen LogP contribution in [0.25, 0.3) is 0 Å². The molecular formula is C19H25NO3. The molecular weight excluding hydrogens is 290 g/mol. The van der Waals surface area contributed by atoms with Crippen LogP contribution in [0, 0.1) is 5.92 Å². The predicted molar refractivity (Wildman–Crippen MR) is 88.7 cm³/mol. The summed E-state index contributed by atoms with van der Waals surface area (Å²) in [6, 6.07) is 13.7. The number of hydrogen-bond donors (Lipinski definition) is 2. The number of aromatic nitrogens is 1. The van der Waals surface area contributed by atoms with Crippen LogP contribution in [-0.4, -0.2) is 21.8 Å². The van der Waals surface area contributed by atoms with Gasteiger partial charge in [-0.25, -0.2) is 0 Å². The van der Waals surface area contributed by atoms with E-state index in [1.54, 1.807) is 6.20 Å². The standard InChI is InChI=1S/C19H25NO3/c1-4-16-14(2)18(3,22-13-15-9-6-5-7-10-15)19(21,23-16)17-11-8-12-20-17/h5-12,14,16,20-21H,4,13H2,1-3H3/t14-,16-,18-,19?/m1/s1. The van der Waals surface area contributed by atoms with Crippen molar-refractivity contribution in [3.63, 3.8) is 0 Å². The Morgan fingerprint density at radius 1 is 1.22 bits per heavy atom. The molecule has 0 saturated carbocycles. The summed E-state index contributed by atoms with van der Waals surface area (Å²) in [5.41, 5.74) is 0.875. The Kier molecular flexibility index (Phi) is 4.32. The van der Waals surface area contributed by atoms with E-state index in [0.717, 1.165) is 12.0 Å². The third-order valence-corrected chi connectivity index (χ3v) is 5.17. The maximum absolute atomic E-state index is 11.3. The maximum Gasteiger partial charge on any atom is 0.238 e. The van der Waals surface area contributed by atoms with Gasteiger partial charge in [0.25, 0.3) is 0 Å². The molecule has 124 valence electrons. The Morgan fingerprint density at radius 2 is 1.96 bits per heavy atom. The quantitative estimate of drug-likeness (QED) is 0.886. The summed E-state index contributed by atoms with van der Waals surface area (Å²) in [5.74, 6) is -1.42. The lowest BCUT2D eigenvalue weighted by atomic mass is 9.81. The fraction of sp³-hybridized carbons (Fsp3) is 0.474. The molecule has 0 bridgehead atoms. The maximum atomic E-state index is 11.3. The first kappa shape index (κ1) is 16.2. The zero-order valence-corrected chi connectivity index (χ0v) is 14.0. The number of nitrogens with one attached hydrogen (secondary N) is 1. The van der Waals surface area contributed by atoms with Crippen molar-refractivity contribution in [1.82, 2.24) is 4.98 Å². The van der Waals surface area contributed by atoms with Gasteiger partial charge in [0.05, 0.1) is 18.4 Å². The lowest BCUT2D eigenvalue weighted by molar-refractivity contribution is -0.287. The molecule has 0 amide bonds. The van der Waals surface area contributed by atoms with Gasteiger partial charge in [-0.3, -0.25) is 0 Å². The number of H-pyrrole nitrogens is 1. The minimum absolute atomic E-state index is 0.0518. The van der Waals surface area contributed by atoms with Crippen LogP contribution < -0.4 is 0 Å². The summed E-state index contributed by atoms with van der Waals surface area (Å²) in [7, 11) is 0. The second-order valence-electron chi connectivity index (χ2n) is 6.46. The van der Waals surface area contributed by atoms with Crippen LogP contribution in [0.4, 0.5) is 0 Å². The third kappa shape index (κ3) is 2.61. The van der Waals surface area contributed by atoms with Gasteiger partial charge in [-0.15, -0.1) is 0 Å². The fourth-order valence-corrected chi connectivity index (χ4v) is 3.45. The molecule has 4 atom stereocenters. The van der Waals surface area contributed by atoms with Crippen LogP contribution in [0.2, 0.25) is 0 Å². The van der Waals surface area contributed by atoms with Gasteiger partial charge in [-0.2, -0.15) is 0 Å². The first-order valence-electron chi connectivity index (χ1n) is 8.23. The third-order valence-electron chi connectivity index (χ3n) is 5.17. The first-order chi connectivity index (χ1) is 11.0. The van der Waals surface area contributed by atoms with E-state index < -0.39 is 11.4 Å². The Balaban J connectivity index is 1.91. The van der Waals surface area contributed by atoms with Crippen molar-refractivity contribution in [1.29, 1.82) is 0 Å². The van der Waals surface area contributed by atoms with Crippen molar-refractivity contribution < 1.29 is 14.6 Å². The number of aliphatic hydroxyl groups is 1. The van der Waals surface area contributed by atoms with Gasteiger partial charge >= 0.3 is 0 Å². The van der Waals surface area contributed by atoms with Gasteiger partial charge in [0.2, 0.25) is 5.79 Å². The minimum Gasteiger partial charge on any atom is -0.364 e. The molecule has 1 aromatic heterocycles. The lowest BCUT2D eigenvalue weighted by Crippen LogP contribution is -2.51. The number of hydrogen-bond acceptors (Lipinski definition) is 3. The highest BCUT2D eigenvalue weighted by Crippen LogP contribution is 2.51. The molecule has 1 unspecified atom stereocenters. The van der Waals surface area contributed by atoms with E-state index in [1.165, 1.54) is 0 Å². The Hall–Kier alpha value is -1.62. The molecule has 2 aromatic rings. The van der Waals surface area contributed by atoms with Crippen molar-refractivity contribution in [2.24, 2.45) is 5.92 Å². The monoisotopic (exact) mass is 315 g/mol. The molecule has 3 rings (SSSR count). The molecule has 2 N–H and O–H groups in total. The highest BCUT2D eigenvalue weighted by atomic mass is 16.7. The number of ether oxygens (including phenoxy) is 2. The van der Waals surface area contributed by atoms with Crippen molar-refractivity contribution in [2.45, 2.75) is 51.3 Å². The average Bonchev–Trinajstić information content (AvgIpc) is 3.17. The molecule has 1 aliphatic rings. The summed E-state index contributed by atoms with van der Waals surface area (Å²) in [6.45, 7) is 6.53. The van der Waals surface area contributed by atoms with E-state index in [2.05, 4.69) is 18.8 Å².